The molecule has 2 atom stereocenters. The summed E-state index contributed by atoms with van der Waals surface area (Å²) in [5.74, 6) is 1.08. The Labute approximate surface area is 149 Å². The fourth-order valence-corrected chi connectivity index (χ4v) is 3.68. The van der Waals surface area contributed by atoms with Crippen LogP contribution in [0.2, 0.25) is 0 Å². The molecule has 2 saturated heterocycles. The maximum atomic E-state index is 13.3. The molecule has 1 aromatic rings. The summed E-state index contributed by atoms with van der Waals surface area (Å²) in [4.78, 5) is 9.24. The van der Waals surface area contributed by atoms with Crippen molar-refractivity contribution in [1.29, 1.82) is 0 Å². The number of piperidine rings is 1. The van der Waals surface area contributed by atoms with Crippen LogP contribution in [0.1, 0.15) is 31.4 Å². The zero-order valence-electron chi connectivity index (χ0n) is 15.0. The average molecular weight is 348 g/mol. The summed E-state index contributed by atoms with van der Waals surface area (Å²) in [6, 6.07) is 6.84. The number of guanidine groups is 1. The van der Waals surface area contributed by atoms with E-state index in [4.69, 9.17) is 15.5 Å². The van der Waals surface area contributed by atoms with Crippen molar-refractivity contribution >= 4 is 5.96 Å². The minimum Gasteiger partial charge on any atom is -0.379 e. The third-order valence-corrected chi connectivity index (χ3v) is 5.15. The Morgan fingerprint density at radius 3 is 2.68 bits per heavy atom. The summed E-state index contributed by atoms with van der Waals surface area (Å²) in [5, 5.41) is 0. The van der Waals surface area contributed by atoms with Gasteiger partial charge in [-0.15, -0.1) is 0 Å². The summed E-state index contributed by atoms with van der Waals surface area (Å²) < 4.78 is 18.8. The van der Waals surface area contributed by atoms with Gasteiger partial charge in [-0.3, -0.25) is 9.89 Å². The Morgan fingerprint density at radius 2 is 2.00 bits per heavy atom. The van der Waals surface area contributed by atoms with E-state index in [9.17, 15) is 4.39 Å². The van der Waals surface area contributed by atoms with E-state index in [1.54, 1.807) is 0 Å². The smallest absolute Gasteiger partial charge is 0.191 e. The van der Waals surface area contributed by atoms with Gasteiger partial charge in [-0.1, -0.05) is 19.1 Å². The monoisotopic (exact) mass is 348 g/mol. The van der Waals surface area contributed by atoms with E-state index in [2.05, 4.69) is 16.7 Å². The van der Waals surface area contributed by atoms with Gasteiger partial charge in [0.05, 0.1) is 25.8 Å². The Kier molecular flexibility index (Phi) is 6.26. The highest BCUT2D eigenvalue weighted by atomic mass is 19.1. The molecule has 138 valence electrons. The number of hydrogen-bond donors (Lipinski definition) is 1. The van der Waals surface area contributed by atoms with Crippen molar-refractivity contribution < 1.29 is 9.13 Å². The largest absolute Gasteiger partial charge is 0.379 e. The SMILES string of the molecule is CC1CCCN(C(N)=NCC(c2ccc(F)cc2)N2CCOCC2)C1. The van der Waals surface area contributed by atoms with E-state index >= 15 is 0 Å². The Hall–Kier alpha value is -1.66. The summed E-state index contributed by atoms with van der Waals surface area (Å²) in [7, 11) is 0. The molecule has 0 amide bonds. The second-order valence-corrected chi connectivity index (χ2v) is 7.11. The first-order valence-corrected chi connectivity index (χ1v) is 9.25. The molecule has 0 aliphatic carbocycles. The number of halogens is 1. The van der Waals surface area contributed by atoms with E-state index in [0.29, 0.717) is 18.4 Å². The molecule has 0 spiro atoms. The zero-order chi connectivity index (χ0) is 17.6. The zero-order valence-corrected chi connectivity index (χ0v) is 15.0. The van der Waals surface area contributed by atoms with E-state index < -0.39 is 0 Å². The van der Waals surface area contributed by atoms with Gasteiger partial charge in [-0.05, 0) is 36.5 Å². The van der Waals surface area contributed by atoms with Crippen molar-refractivity contribution in [3.8, 4) is 0 Å². The molecule has 0 aromatic heterocycles. The van der Waals surface area contributed by atoms with Crippen LogP contribution in [0.4, 0.5) is 4.39 Å². The number of likely N-dealkylation sites (tertiary alicyclic amines) is 1. The molecular formula is C19H29FN4O. The van der Waals surface area contributed by atoms with Crippen molar-refractivity contribution in [1.82, 2.24) is 9.80 Å². The first-order chi connectivity index (χ1) is 12.1. The highest BCUT2D eigenvalue weighted by molar-refractivity contribution is 5.78. The Bertz CT molecular complexity index is 571. The standard InChI is InChI=1S/C19H29FN4O/c1-15-3-2-8-24(14-15)19(21)22-13-18(23-9-11-25-12-10-23)16-4-6-17(20)7-5-16/h4-7,15,18H,2-3,8-14H2,1H3,(H2,21,22). The molecule has 2 heterocycles. The van der Waals surface area contributed by atoms with Crippen molar-refractivity contribution in [3.05, 3.63) is 35.6 Å². The van der Waals surface area contributed by atoms with Gasteiger partial charge in [0.15, 0.2) is 5.96 Å². The van der Waals surface area contributed by atoms with Crippen molar-refractivity contribution in [2.75, 3.05) is 45.9 Å². The number of aliphatic imine (C=N–C) groups is 1. The van der Waals surface area contributed by atoms with Crippen LogP contribution in [-0.4, -0.2) is 61.7 Å². The van der Waals surface area contributed by atoms with E-state index in [1.165, 1.54) is 25.0 Å². The molecule has 0 saturated carbocycles. The number of nitrogens with two attached hydrogens (primary N) is 1. The molecule has 2 N–H and O–H groups in total. The number of benzene rings is 1. The fraction of sp³-hybridized carbons (Fsp3) is 0.632. The average Bonchev–Trinajstić information content (AvgIpc) is 2.64. The fourth-order valence-electron chi connectivity index (χ4n) is 3.68. The highest BCUT2D eigenvalue weighted by Crippen LogP contribution is 2.23. The third-order valence-electron chi connectivity index (χ3n) is 5.15. The second-order valence-electron chi connectivity index (χ2n) is 7.11. The summed E-state index contributed by atoms with van der Waals surface area (Å²) >= 11 is 0. The molecule has 0 radical (unpaired) electrons. The van der Waals surface area contributed by atoms with E-state index in [-0.39, 0.29) is 11.9 Å². The predicted octanol–water partition coefficient (Wildman–Crippen LogP) is 2.25. The summed E-state index contributed by atoms with van der Waals surface area (Å²) in [6.45, 7) is 7.97. The first-order valence-electron chi connectivity index (χ1n) is 9.25. The molecular weight excluding hydrogens is 319 g/mol. The van der Waals surface area contributed by atoms with Crippen LogP contribution in [0.5, 0.6) is 0 Å². The lowest BCUT2D eigenvalue weighted by atomic mass is 10.0. The van der Waals surface area contributed by atoms with Gasteiger partial charge < -0.3 is 15.4 Å². The number of ether oxygens (including phenoxy) is 1. The molecule has 6 heteroatoms. The minimum absolute atomic E-state index is 0.102. The number of nitrogens with zero attached hydrogens (tertiary/aromatic N) is 3. The molecule has 2 aliphatic heterocycles. The lowest BCUT2D eigenvalue weighted by Crippen LogP contribution is -2.44. The molecule has 0 bridgehead atoms. The lowest BCUT2D eigenvalue weighted by Gasteiger charge is -2.35. The summed E-state index contributed by atoms with van der Waals surface area (Å²) in [5.41, 5.74) is 7.34. The quantitative estimate of drug-likeness (QED) is 0.670. The van der Waals surface area contributed by atoms with Gasteiger partial charge in [0.1, 0.15) is 5.82 Å². The van der Waals surface area contributed by atoms with Crippen molar-refractivity contribution in [2.45, 2.75) is 25.8 Å². The molecule has 3 rings (SSSR count). The topological polar surface area (TPSA) is 54.1 Å². The van der Waals surface area contributed by atoms with Crippen LogP contribution < -0.4 is 5.73 Å². The van der Waals surface area contributed by atoms with Gasteiger partial charge in [-0.2, -0.15) is 0 Å². The van der Waals surface area contributed by atoms with Crippen LogP contribution in [0.25, 0.3) is 0 Å². The highest BCUT2D eigenvalue weighted by Gasteiger charge is 2.23. The third kappa shape index (κ3) is 4.92. The Morgan fingerprint density at radius 1 is 1.28 bits per heavy atom. The van der Waals surface area contributed by atoms with Crippen LogP contribution in [0, 0.1) is 11.7 Å². The number of rotatable bonds is 4. The van der Waals surface area contributed by atoms with Gasteiger partial charge in [0, 0.05) is 26.2 Å². The van der Waals surface area contributed by atoms with Gasteiger partial charge in [-0.25, -0.2) is 4.39 Å². The number of hydrogen-bond acceptors (Lipinski definition) is 3. The summed E-state index contributed by atoms with van der Waals surface area (Å²) in [6.07, 6.45) is 2.43. The molecule has 2 unspecified atom stereocenters. The van der Waals surface area contributed by atoms with Crippen LogP contribution in [-0.2, 0) is 4.74 Å². The maximum Gasteiger partial charge on any atom is 0.191 e. The van der Waals surface area contributed by atoms with Crippen LogP contribution in [0.3, 0.4) is 0 Å². The first kappa shape index (κ1) is 18.1. The Balaban J connectivity index is 1.72. The van der Waals surface area contributed by atoms with E-state index in [1.807, 2.05) is 12.1 Å². The molecule has 2 aliphatic rings. The van der Waals surface area contributed by atoms with Crippen LogP contribution >= 0.6 is 0 Å². The van der Waals surface area contributed by atoms with Crippen LogP contribution in [0.15, 0.2) is 29.3 Å². The van der Waals surface area contributed by atoms with E-state index in [0.717, 1.165) is 45.0 Å². The van der Waals surface area contributed by atoms with Crippen molar-refractivity contribution in [3.63, 3.8) is 0 Å². The number of morpholine rings is 1. The minimum atomic E-state index is -0.213. The maximum absolute atomic E-state index is 13.3. The second kappa shape index (κ2) is 8.63. The molecule has 25 heavy (non-hydrogen) atoms. The predicted molar refractivity (Wildman–Crippen MR) is 98.0 cm³/mol. The van der Waals surface area contributed by atoms with Gasteiger partial charge >= 0.3 is 0 Å². The normalized spacial score (nSPS) is 24.3. The molecule has 2 fully saturated rings. The van der Waals surface area contributed by atoms with Crippen molar-refractivity contribution in [2.24, 2.45) is 16.6 Å². The van der Waals surface area contributed by atoms with Gasteiger partial charge in [0.2, 0.25) is 0 Å². The molecule has 5 nitrogen and oxygen atoms in total. The lowest BCUT2D eigenvalue weighted by molar-refractivity contribution is 0.0179. The molecule has 1 aromatic carbocycles. The van der Waals surface area contributed by atoms with Gasteiger partial charge in [0.25, 0.3) is 0 Å².